The third kappa shape index (κ3) is 6.26. The van der Waals surface area contributed by atoms with Crippen LogP contribution in [0.5, 0.6) is 0 Å². The largest absolute Gasteiger partial charge is 0.480 e. The molecule has 3 N–H and O–H groups in total. The zero-order valence-electron chi connectivity index (χ0n) is 15.4. The van der Waals surface area contributed by atoms with Gasteiger partial charge in [-0.3, -0.25) is 9.59 Å². The summed E-state index contributed by atoms with van der Waals surface area (Å²) in [6.45, 7) is 3.22. The highest BCUT2D eigenvalue weighted by atomic mass is 16.4. The molecule has 0 saturated carbocycles. The third-order valence-electron chi connectivity index (χ3n) is 4.28. The highest BCUT2D eigenvalue weighted by Crippen LogP contribution is 2.11. The lowest BCUT2D eigenvalue weighted by Crippen LogP contribution is -2.52. The highest BCUT2D eigenvalue weighted by molar-refractivity contribution is 5.90. The number of carboxylic acids is 1. The van der Waals surface area contributed by atoms with Crippen LogP contribution in [-0.4, -0.2) is 35.0 Å². The molecule has 0 unspecified atom stereocenters. The molecule has 2 amide bonds. The third-order valence-corrected chi connectivity index (χ3v) is 4.28. The van der Waals surface area contributed by atoms with E-state index in [1.54, 1.807) is 0 Å². The smallest absolute Gasteiger partial charge is 0.326 e. The Bertz CT molecular complexity index is 805. The summed E-state index contributed by atoms with van der Waals surface area (Å²) >= 11 is 0. The highest BCUT2D eigenvalue weighted by Gasteiger charge is 2.26. The summed E-state index contributed by atoms with van der Waals surface area (Å²) in [6.07, 6.45) is 0.453. The van der Waals surface area contributed by atoms with Gasteiger partial charge < -0.3 is 15.7 Å². The molecule has 2 atom stereocenters. The molecule has 0 spiro atoms. The van der Waals surface area contributed by atoms with Crippen LogP contribution in [0.25, 0.3) is 0 Å². The second kappa shape index (κ2) is 9.52. The van der Waals surface area contributed by atoms with Crippen molar-refractivity contribution in [1.82, 2.24) is 10.6 Å². The number of hydrogen-bond donors (Lipinski definition) is 3. The van der Waals surface area contributed by atoms with Crippen LogP contribution in [0.15, 0.2) is 54.6 Å². The molecule has 0 aromatic heterocycles. The Morgan fingerprint density at radius 1 is 0.889 bits per heavy atom. The van der Waals surface area contributed by atoms with Crippen LogP contribution in [0.4, 0.5) is 0 Å². The van der Waals surface area contributed by atoms with Crippen molar-refractivity contribution < 1.29 is 19.5 Å². The van der Waals surface area contributed by atoms with E-state index in [-0.39, 0.29) is 18.7 Å². The number of aryl methyl sites for hydroxylation is 1. The van der Waals surface area contributed by atoms with Gasteiger partial charge in [-0.15, -0.1) is 0 Å². The quantitative estimate of drug-likeness (QED) is 0.663. The molecule has 0 fully saturated rings. The molecule has 0 aliphatic heterocycles. The molecule has 0 radical (unpaired) electrons. The van der Waals surface area contributed by atoms with E-state index >= 15 is 0 Å². The number of hydrogen-bond acceptors (Lipinski definition) is 3. The Morgan fingerprint density at radius 3 is 2.11 bits per heavy atom. The van der Waals surface area contributed by atoms with E-state index in [9.17, 15) is 19.5 Å². The van der Waals surface area contributed by atoms with E-state index in [0.717, 1.165) is 16.7 Å². The Balaban J connectivity index is 2.13. The van der Waals surface area contributed by atoms with Gasteiger partial charge in [-0.1, -0.05) is 54.6 Å². The molecular formula is C21H24N2O4. The molecule has 0 saturated heterocycles. The molecule has 0 aliphatic carbocycles. The van der Waals surface area contributed by atoms with Crippen molar-refractivity contribution in [2.24, 2.45) is 0 Å². The maximum absolute atomic E-state index is 12.7. The fourth-order valence-corrected chi connectivity index (χ4v) is 2.84. The molecule has 2 aromatic rings. The van der Waals surface area contributed by atoms with Crippen molar-refractivity contribution >= 4 is 17.8 Å². The number of aliphatic carboxylic acids is 1. The number of carbonyl (C=O) groups is 3. The first-order valence-corrected chi connectivity index (χ1v) is 8.75. The number of amides is 2. The standard InChI is InChI=1S/C21H24N2O4/c1-14-8-6-7-11-17(14)13-19(21(26)27)23-20(25)18(22-15(2)24)12-16-9-4-3-5-10-16/h3-11,18-19H,12-13H2,1-2H3,(H,22,24)(H,23,25)(H,26,27)/t18-,19+/m0/s1. The summed E-state index contributed by atoms with van der Waals surface area (Å²) in [6, 6.07) is 14.8. The lowest BCUT2D eigenvalue weighted by Gasteiger charge is -2.21. The molecule has 27 heavy (non-hydrogen) atoms. The van der Waals surface area contributed by atoms with Crippen LogP contribution in [0.3, 0.4) is 0 Å². The van der Waals surface area contributed by atoms with Crippen molar-refractivity contribution in [3.8, 4) is 0 Å². The molecule has 2 aromatic carbocycles. The minimum atomic E-state index is -1.12. The van der Waals surface area contributed by atoms with Crippen molar-refractivity contribution in [3.05, 3.63) is 71.3 Å². The van der Waals surface area contributed by atoms with Gasteiger partial charge in [-0.05, 0) is 23.6 Å². The van der Waals surface area contributed by atoms with Gasteiger partial charge in [-0.2, -0.15) is 0 Å². The van der Waals surface area contributed by atoms with Crippen LogP contribution >= 0.6 is 0 Å². The normalized spacial score (nSPS) is 12.7. The number of nitrogens with one attached hydrogen (secondary N) is 2. The predicted molar refractivity (Wildman–Crippen MR) is 102 cm³/mol. The minimum Gasteiger partial charge on any atom is -0.480 e. The molecular weight excluding hydrogens is 344 g/mol. The average Bonchev–Trinajstić information content (AvgIpc) is 2.62. The Labute approximate surface area is 158 Å². The van der Waals surface area contributed by atoms with Gasteiger partial charge in [-0.25, -0.2) is 4.79 Å². The SMILES string of the molecule is CC(=O)N[C@@H](Cc1ccccc1)C(=O)N[C@H](Cc1ccccc1C)C(=O)O. The summed E-state index contributed by atoms with van der Waals surface area (Å²) < 4.78 is 0. The molecule has 6 heteroatoms. The molecule has 6 nitrogen and oxygen atoms in total. The topological polar surface area (TPSA) is 95.5 Å². The fourth-order valence-electron chi connectivity index (χ4n) is 2.84. The number of benzene rings is 2. The van der Waals surface area contributed by atoms with E-state index in [1.165, 1.54) is 6.92 Å². The second-order valence-electron chi connectivity index (χ2n) is 6.47. The Hall–Kier alpha value is -3.15. The number of carbonyl (C=O) groups excluding carboxylic acids is 2. The van der Waals surface area contributed by atoms with Gasteiger partial charge in [0, 0.05) is 19.8 Å². The van der Waals surface area contributed by atoms with E-state index in [1.807, 2.05) is 61.5 Å². The van der Waals surface area contributed by atoms with Gasteiger partial charge in [0.15, 0.2) is 0 Å². The summed E-state index contributed by atoms with van der Waals surface area (Å²) in [5, 5.41) is 14.7. The first-order chi connectivity index (χ1) is 12.9. The monoisotopic (exact) mass is 368 g/mol. The van der Waals surface area contributed by atoms with Gasteiger partial charge >= 0.3 is 5.97 Å². The lowest BCUT2D eigenvalue weighted by molar-refractivity contribution is -0.142. The van der Waals surface area contributed by atoms with E-state index in [4.69, 9.17) is 0 Å². The summed E-state index contributed by atoms with van der Waals surface area (Å²) in [5.41, 5.74) is 2.68. The Morgan fingerprint density at radius 2 is 1.52 bits per heavy atom. The molecule has 0 heterocycles. The first kappa shape index (κ1) is 20.2. The predicted octanol–water partition coefficient (Wildman–Crippen LogP) is 1.85. The van der Waals surface area contributed by atoms with Crippen LogP contribution in [0, 0.1) is 6.92 Å². The number of carboxylic acid groups (broad SMARTS) is 1. The van der Waals surface area contributed by atoms with Crippen LogP contribution in [-0.2, 0) is 27.2 Å². The average molecular weight is 368 g/mol. The van der Waals surface area contributed by atoms with Crippen molar-refractivity contribution in [1.29, 1.82) is 0 Å². The molecule has 0 bridgehead atoms. The van der Waals surface area contributed by atoms with Crippen molar-refractivity contribution in [3.63, 3.8) is 0 Å². The van der Waals surface area contributed by atoms with Gasteiger partial charge in [0.05, 0.1) is 0 Å². The maximum atomic E-state index is 12.7. The molecule has 0 aliphatic rings. The first-order valence-electron chi connectivity index (χ1n) is 8.75. The molecule has 142 valence electrons. The van der Waals surface area contributed by atoms with Crippen LogP contribution < -0.4 is 10.6 Å². The van der Waals surface area contributed by atoms with E-state index < -0.39 is 24.0 Å². The zero-order valence-corrected chi connectivity index (χ0v) is 15.4. The van der Waals surface area contributed by atoms with E-state index in [2.05, 4.69) is 10.6 Å². The van der Waals surface area contributed by atoms with Gasteiger partial charge in [0.25, 0.3) is 0 Å². The molecule has 2 rings (SSSR count). The summed E-state index contributed by atoms with van der Waals surface area (Å²) in [7, 11) is 0. The van der Waals surface area contributed by atoms with Crippen molar-refractivity contribution in [2.75, 3.05) is 0 Å². The second-order valence-corrected chi connectivity index (χ2v) is 6.47. The van der Waals surface area contributed by atoms with Crippen molar-refractivity contribution in [2.45, 2.75) is 38.8 Å². The fraction of sp³-hybridized carbons (Fsp3) is 0.286. The number of rotatable bonds is 8. The van der Waals surface area contributed by atoms with Gasteiger partial charge in [0.1, 0.15) is 12.1 Å². The maximum Gasteiger partial charge on any atom is 0.326 e. The minimum absolute atomic E-state index is 0.172. The van der Waals surface area contributed by atoms with Gasteiger partial charge in [0.2, 0.25) is 11.8 Å². The summed E-state index contributed by atoms with van der Waals surface area (Å²) in [5.74, 6) is -1.99. The van der Waals surface area contributed by atoms with E-state index in [0.29, 0.717) is 0 Å². The summed E-state index contributed by atoms with van der Waals surface area (Å²) in [4.78, 5) is 35.8. The van der Waals surface area contributed by atoms with Crippen LogP contribution in [0.2, 0.25) is 0 Å². The Kier molecular flexibility index (Phi) is 7.11. The van der Waals surface area contributed by atoms with Crippen LogP contribution in [0.1, 0.15) is 23.6 Å². The zero-order chi connectivity index (χ0) is 19.8. The lowest BCUT2D eigenvalue weighted by atomic mass is 10.00.